The molecule has 1 aliphatic rings. The second kappa shape index (κ2) is 9.13. The van der Waals surface area contributed by atoms with Crippen molar-refractivity contribution in [3.8, 4) is 5.69 Å². The second-order valence-corrected chi connectivity index (χ2v) is 8.89. The van der Waals surface area contributed by atoms with Gasteiger partial charge in [-0.05, 0) is 66.4 Å². The number of nitrogens with zero attached hydrogens (tertiary/aromatic N) is 2. The fraction of sp³-hybridized carbons (Fsp3) is 0.0455. The quantitative estimate of drug-likeness (QED) is 0.450. The van der Waals surface area contributed by atoms with E-state index in [1.165, 1.54) is 0 Å². The Kier molecular flexibility index (Phi) is 6.31. The van der Waals surface area contributed by atoms with Crippen molar-refractivity contribution in [1.82, 2.24) is 9.47 Å². The Hall–Kier alpha value is -2.81. The largest absolute Gasteiger partial charge is 0.323 e. The number of thioether (sulfide) groups is 1. The number of para-hydroxylation sites is 1. The third-order valence-electron chi connectivity index (χ3n) is 4.49. The highest BCUT2D eigenvalue weighted by Crippen LogP contribution is 2.33. The molecule has 9 heteroatoms. The summed E-state index contributed by atoms with van der Waals surface area (Å²) in [7, 11) is 0. The Bertz CT molecular complexity index is 1210. The van der Waals surface area contributed by atoms with Crippen LogP contribution in [0.4, 0.5) is 10.5 Å². The summed E-state index contributed by atoms with van der Waals surface area (Å²) in [5, 5.41) is 2.50. The van der Waals surface area contributed by atoms with E-state index in [9.17, 15) is 14.4 Å². The first-order chi connectivity index (χ1) is 14.9. The van der Waals surface area contributed by atoms with Gasteiger partial charge in [-0.3, -0.25) is 19.3 Å². The molecular weight excluding hydrogens is 502 g/mol. The van der Waals surface area contributed by atoms with E-state index in [4.69, 9.17) is 11.6 Å². The molecule has 1 fully saturated rings. The van der Waals surface area contributed by atoms with Gasteiger partial charge in [0.05, 0.1) is 15.6 Å². The predicted octanol–water partition coefficient (Wildman–Crippen LogP) is 5.57. The highest BCUT2D eigenvalue weighted by atomic mass is 79.9. The van der Waals surface area contributed by atoms with Gasteiger partial charge in [-0.25, -0.2) is 0 Å². The van der Waals surface area contributed by atoms with E-state index in [1.54, 1.807) is 30.3 Å². The molecule has 156 valence electrons. The molecule has 0 atom stereocenters. The summed E-state index contributed by atoms with van der Waals surface area (Å²) in [5.41, 5.74) is 2.08. The molecule has 1 N–H and O–H groups in total. The molecule has 0 aliphatic carbocycles. The number of anilines is 1. The first-order valence-electron chi connectivity index (χ1n) is 9.15. The number of nitrogens with one attached hydrogen (secondary N) is 1. The van der Waals surface area contributed by atoms with E-state index in [1.807, 2.05) is 47.2 Å². The van der Waals surface area contributed by atoms with Gasteiger partial charge in [0.15, 0.2) is 0 Å². The SMILES string of the molecule is O=C(CN1C(=O)S/C(=C/c2cccn2-c2ccc(Br)cc2)C1=O)Nc1ccccc1Cl. The lowest BCUT2D eigenvalue weighted by atomic mass is 10.3. The van der Waals surface area contributed by atoms with Crippen molar-refractivity contribution in [3.05, 3.63) is 87.0 Å². The maximum Gasteiger partial charge on any atom is 0.294 e. The third kappa shape index (κ3) is 4.76. The van der Waals surface area contributed by atoms with E-state index in [0.29, 0.717) is 10.7 Å². The van der Waals surface area contributed by atoms with Crippen LogP contribution in [0.1, 0.15) is 5.69 Å². The summed E-state index contributed by atoms with van der Waals surface area (Å²) in [4.78, 5) is 38.7. The maximum absolute atomic E-state index is 12.8. The summed E-state index contributed by atoms with van der Waals surface area (Å²) in [5.74, 6) is -1.01. The number of halogens is 2. The van der Waals surface area contributed by atoms with Crippen LogP contribution in [0, 0.1) is 0 Å². The summed E-state index contributed by atoms with van der Waals surface area (Å²) >= 11 is 10.3. The van der Waals surface area contributed by atoms with E-state index in [2.05, 4.69) is 21.2 Å². The van der Waals surface area contributed by atoms with Gasteiger partial charge in [0.2, 0.25) is 5.91 Å². The number of hydrogen-bond acceptors (Lipinski definition) is 4. The van der Waals surface area contributed by atoms with Gasteiger partial charge < -0.3 is 9.88 Å². The first-order valence-corrected chi connectivity index (χ1v) is 11.1. The standard InChI is InChI=1S/C22H15BrClN3O3S/c23-14-7-9-15(10-8-14)26-11-3-4-16(26)12-19-21(29)27(22(30)31-19)13-20(28)25-18-6-2-1-5-17(18)24/h1-12H,13H2,(H,25,28)/b19-12+. The van der Waals surface area contributed by atoms with Crippen molar-refractivity contribution >= 4 is 68.1 Å². The lowest BCUT2D eigenvalue weighted by Crippen LogP contribution is -2.36. The number of imide groups is 1. The Balaban J connectivity index is 1.51. The van der Waals surface area contributed by atoms with Gasteiger partial charge in [0.25, 0.3) is 11.1 Å². The van der Waals surface area contributed by atoms with E-state index < -0.39 is 17.1 Å². The van der Waals surface area contributed by atoms with Crippen molar-refractivity contribution in [2.75, 3.05) is 11.9 Å². The number of benzene rings is 2. The molecule has 2 aromatic carbocycles. The Morgan fingerprint density at radius 3 is 2.55 bits per heavy atom. The minimum absolute atomic E-state index is 0.257. The van der Waals surface area contributed by atoms with E-state index >= 15 is 0 Å². The number of carbonyl (C=O) groups is 3. The summed E-state index contributed by atoms with van der Waals surface area (Å²) in [6.45, 7) is -0.388. The molecule has 2 heterocycles. The molecule has 0 radical (unpaired) electrons. The van der Waals surface area contributed by atoms with Gasteiger partial charge in [-0.2, -0.15) is 0 Å². The minimum atomic E-state index is -0.507. The number of amides is 3. The van der Waals surface area contributed by atoms with Crippen LogP contribution < -0.4 is 5.32 Å². The molecule has 0 bridgehead atoms. The van der Waals surface area contributed by atoms with Crippen LogP contribution >= 0.6 is 39.3 Å². The normalized spacial score (nSPS) is 15.0. The van der Waals surface area contributed by atoms with Gasteiger partial charge in [-0.1, -0.05) is 39.7 Å². The molecule has 1 saturated heterocycles. The van der Waals surface area contributed by atoms with Crippen LogP contribution in [0.25, 0.3) is 11.8 Å². The zero-order valence-electron chi connectivity index (χ0n) is 15.9. The van der Waals surface area contributed by atoms with Crippen molar-refractivity contribution in [2.45, 2.75) is 0 Å². The fourth-order valence-electron chi connectivity index (χ4n) is 3.02. The van der Waals surface area contributed by atoms with Crippen LogP contribution in [0.2, 0.25) is 5.02 Å². The highest BCUT2D eigenvalue weighted by molar-refractivity contribution is 9.10. The minimum Gasteiger partial charge on any atom is -0.323 e. The van der Waals surface area contributed by atoms with Crippen LogP contribution in [-0.2, 0) is 9.59 Å². The van der Waals surface area contributed by atoms with Crippen molar-refractivity contribution in [1.29, 1.82) is 0 Å². The van der Waals surface area contributed by atoms with Crippen LogP contribution in [-0.4, -0.2) is 33.1 Å². The lowest BCUT2D eigenvalue weighted by molar-refractivity contribution is -0.127. The number of carbonyl (C=O) groups excluding carboxylic acids is 3. The monoisotopic (exact) mass is 515 g/mol. The molecule has 0 unspecified atom stereocenters. The molecule has 4 rings (SSSR count). The zero-order chi connectivity index (χ0) is 22.0. The van der Waals surface area contributed by atoms with E-state index in [0.717, 1.165) is 32.5 Å². The van der Waals surface area contributed by atoms with Crippen LogP contribution in [0.5, 0.6) is 0 Å². The van der Waals surface area contributed by atoms with E-state index in [-0.39, 0.29) is 11.4 Å². The number of rotatable bonds is 5. The van der Waals surface area contributed by atoms with Crippen molar-refractivity contribution in [2.24, 2.45) is 0 Å². The summed E-state index contributed by atoms with van der Waals surface area (Å²) in [6, 6.07) is 18.2. The lowest BCUT2D eigenvalue weighted by Gasteiger charge is -2.13. The van der Waals surface area contributed by atoms with Gasteiger partial charge in [-0.15, -0.1) is 0 Å². The molecule has 31 heavy (non-hydrogen) atoms. The van der Waals surface area contributed by atoms with Gasteiger partial charge in [0, 0.05) is 22.1 Å². The Morgan fingerprint density at radius 1 is 1.06 bits per heavy atom. The molecule has 0 saturated carbocycles. The van der Waals surface area contributed by atoms with Crippen LogP contribution in [0.3, 0.4) is 0 Å². The van der Waals surface area contributed by atoms with Gasteiger partial charge in [0.1, 0.15) is 6.54 Å². The molecule has 6 nitrogen and oxygen atoms in total. The predicted molar refractivity (Wildman–Crippen MR) is 126 cm³/mol. The molecule has 3 amide bonds. The number of hydrogen-bond donors (Lipinski definition) is 1. The third-order valence-corrected chi connectivity index (χ3v) is 6.25. The number of aromatic nitrogens is 1. The molecule has 1 aliphatic heterocycles. The smallest absolute Gasteiger partial charge is 0.294 e. The van der Waals surface area contributed by atoms with Crippen LogP contribution in [0.15, 0.2) is 76.2 Å². The highest BCUT2D eigenvalue weighted by Gasteiger charge is 2.36. The van der Waals surface area contributed by atoms with Gasteiger partial charge >= 0.3 is 0 Å². The molecular formula is C22H15BrClN3O3S. The average Bonchev–Trinajstić information content (AvgIpc) is 3.30. The van der Waals surface area contributed by atoms with Crippen molar-refractivity contribution < 1.29 is 14.4 Å². The summed E-state index contributed by atoms with van der Waals surface area (Å²) in [6.07, 6.45) is 3.52. The Labute approximate surface area is 196 Å². The fourth-order valence-corrected chi connectivity index (χ4v) is 4.29. The second-order valence-electron chi connectivity index (χ2n) is 6.58. The summed E-state index contributed by atoms with van der Waals surface area (Å²) < 4.78 is 2.87. The topological polar surface area (TPSA) is 71.4 Å². The average molecular weight is 517 g/mol. The first kappa shape index (κ1) is 21.4. The molecule has 3 aromatic rings. The molecule has 0 spiro atoms. The molecule has 1 aromatic heterocycles. The zero-order valence-corrected chi connectivity index (χ0v) is 19.1. The maximum atomic E-state index is 12.8. The Morgan fingerprint density at radius 2 is 1.81 bits per heavy atom. The van der Waals surface area contributed by atoms with Crippen molar-refractivity contribution in [3.63, 3.8) is 0 Å².